The molecular formula is C23H17N5O3S5. The van der Waals surface area contributed by atoms with Crippen molar-refractivity contribution in [1.29, 1.82) is 0 Å². The number of carbonyl (C=O) groups excluding carboxylic acids is 2. The van der Waals surface area contributed by atoms with E-state index in [1.807, 2.05) is 48.5 Å². The maximum Gasteiger partial charge on any atom is 0.250 e. The lowest BCUT2D eigenvalue weighted by atomic mass is 10.2. The number of benzene rings is 2. The zero-order valence-corrected chi connectivity index (χ0v) is 22.9. The molecule has 0 aliphatic carbocycles. The Kier molecular flexibility index (Phi) is 7.08. The fourth-order valence-corrected chi connectivity index (χ4v) is 7.30. The van der Waals surface area contributed by atoms with Gasteiger partial charge in [0.1, 0.15) is 5.69 Å². The van der Waals surface area contributed by atoms with E-state index < -0.39 is 10.7 Å². The molecule has 0 fully saturated rings. The van der Waals surface area contributed by atoms with Crippen LogP contribution >= 0.6 is 57.5 Å². The zero-order valence-electron chi connectivity index (χ0n) is 18.8. The standard InChI is InChI=1S/C23H17N5O3S5/c1-23(2,19(30)36-22-27-13-8-4-6-10-16(13)34-22)31-28-17(14-11-32-20(24)25-14)18(29)35-21-26-12-7-3-5-9-15(12)33-21/h3-11H,1-2H3,(H2,24,25). The molecule has 3 aromatic heterocycles. The number of oxime groups is 1. The van der Waals surface area contributed by atoms with Gasteiger partial charge in [0, 0.05) is 5.38 Å². The quantitative estimate of drug-likeness (QED) is 0.141. The Morgan fingerprint density at radius 2 is 1.50 bits per heavy atom. The van der Waals surface area contributed by atoms with Crippen LogP contribution in [0.1, 0.15) is 19.5 Å². The molecule has 0 atom stereocenters. The third-order valence-corrected chi connectivity index (χ3v) is 9.65. The van der Waals surface area contributed by atoms with Gasteiger partial charge in [0.05, 0.1) is 20.4 Å². The van der Waals surface area contributed by atoms with Crippen molar-refractivity contribution in [3.05, 3.63) is 59.6 Å². The molecule has 0 radical (unpaired) electrons. The van der Waals surface area contributed by atoms with Gasteiger partial charge >= 0.3 is 0 Å². The van der Waals surface area contributed by atoms with Gasteiger partial charge in [-0.2, -0.15) is 0 Å². The van der Waals surface area contributed by atoms with E-state index in [1.54, 1.807) is 19.2 Å². The Hall–Kier alpha value is -2.84. The maximum absolute atomic E-state index is 13.2. The van der Waals surface area contributed by atoms with Crippen molar-refractivity contribution < 1.29 is 14.4 Å². The number of nitrogens with two attached hydrogens (primary N) is 1. The molecule has 0 bridgehead atoms. The Morgan fingerprint density at radius 1 is 0.917 bits per heavy atom. The molecule has 0 spiro atoms. The van der Waals surface area contributed by atoms with Crippen LogP contribution in [0.15, 0.2) is 67.7 Å². The minimum Gasteiger partial charge on any atom is -0.380 e. The third kappa shape index (κ3) is 5.44. The van der Waals surface area contributed by atoms with Crippen molar-refractivity contribution in [1.82, 2.24) is 15.0 Å². The summed E-state index contributed by atoms with van der Waals surface area (Å²) in [7, 11) is 0. The fraction of sp³-hybridized carbons (Fsp3) is 0.130. The van der Waals surface area contributed by atoms with Crippen LogP contribution in [0.25, 0.3) is 20.4 Å². The zero-order chi connectivity index (χ0) is 25.3. The molecule has 0 amide bonds. The minimum absolute atomic E-state index is 0.0435. The first kappa shape index (κ1) is 24.8. The number of hydrogen-bond acceptors (Lipinski definition) is 13. The van der Waals surface area contributed by atoms with E-state index in [0.29, 0.717) is 8.68 Å². The molecule has 0 saturated carbocycles. The van der Waals surface area contributed by atoms with Crippen molar-refractivity contribution in [3.8, 4) is 0 Å². The van der Waals surface area contributed by atoms with Gasteiger partial charge in [0.2, 0.25) is 10.2 Å². The average Bonchev–Trinajstić information content (AvgIpc) is 3.56. The molecular weight excluding hydrogens is 555 g/mol. The Morgan fingerprint density at radius 3 is 2.06 bits per heavy atom. The molecule has 3 heterocycles. The van der Waals surface area contributed by atoms with E-state index in [0.717, 1.165) is 44.0 Å². The van der Waals surface area contributed by atoms with E-state index >= 15 is 0 Å². The molecule has 13 heteroatoms. The van der Waals surface area contributed by atoms with Crippen molar-refractivity contribution in [2.24, 2.45) is 5.16 Å². The second-order valence-electron chi connectivity index (χ2n) is 7.79. The van der Waals surface area contributed by atoms with Crippen LogP contribution in [0.3, 0.4) is 0 Å². The first-order valence-electron chi connectivity index (χ1n) is 10.4. The summed E-state index contributed by atoms with van der Waals surface area (Å²) in [5.74, 6) is 0. The topological polar surface area (TPSA) is 120 Å². The van der Waals surface area contributed by atoms with Crippen LogP contribution in [-0.2, 0) is 14.4 Å². The maximum atomic E-state index is 13.2. The Balaban J connectivity index is 1.36. The Bertz CT molecular complexity index is 1550. The second-order valence-corrected chi connectivity index (χ2v) is 13.2. The van der Waals surface area contributed by atoms with Gasteiger partial charge < -0.3 is 10.6 Å². The van der Waals surface area contributed by atoms with Gasteiger partial charge in [-0.1, -0.05) is 29.4 Å². The number of thioether (sulfide) groups is 2. The summed E-state index contributed by atoms with van der Waals surface area (Å²) in [5.41, 5.74) is 6.32. The van der Waals surface area contributed by atoms with E-state index in [-0.39, 0.29) is 21.7 Å². The summed E-state index contributed by atoms with van der Waals surface area (Å²) in [6.07, 6.45) is 0. The number of rotatable bonds is 7. The third-order valence-electron chi connectivity index (χ3n) is 4.72. The van der Waals surface area contributed by atoms with Crippen LogP contribution in [0.5, 0.6) is 0 Å². The number of nitrogens with zero attached hydrogens (tertiary/aromatic N) is 4. The summed E-state index contributed by atoms with van der Waals surface area (Å²) in [6, 6.07) is 15.3. The van der Waals surface area contributed by atoms with Crippen molar-refractivity contribution in [3.63, 3.8) is 0 Å². The summed E-state index contributed by atoms with van der Waals surface area (Å²) >= 11 is 5.93. The van der Waals surface area contributed by atoms with E-state index in [9.17, 15) is 9.59 Å². The van der Waals surface area contributed by atoms with Gasteiger partial charge in [-0.15, -0.1) is 34.0 Å². The molecule has 0 saturated heterocycles. The lowest BCUT2D eigenvalue weighted by Gasteiger charge is -2.19. The van der Waals surface area contributed by atoms with Gasteiger partial charge in [-0.25, -0.2) is 15.0 Å². The SMILES string of the molecule is CC(C)(ON=C(C(=O)Sc1nc2ccccc2s1)c1csc(N)n1)C(=O)Sc1nc2ccccc2s1. The molecule has 5 aromatic rings. The van der Waals surface area contributed by atoms with Gasteiger partial charge in [-0.3, -0.25) is 9.59 Å². The summed E-state index contributed by atoms with van der Waals surface area (Å²) in [4.78, 5) is 45.1. The predicted octanol–water partition coefficient (Wildman–Crippen LogP) is 6.08. The second kappa shape index (κ2) is 10.3. The molecule has 0 aliphatic rings. The smallest absolute Gasteiger partial charge is 0.250 e. The van der Waals surface area contributed by atoms with Crippen LogP contribution in [-0.4, -0.2) is 36.5 Å². The molecule has 2 N–H and O–H groups in total. The Labute approximate surface area is 226 Å². The number of thiazole rings is 3. The molecule has 36 heavy (non-hydrogen) atoms. The summed E-state index contributed by atoms with van der Waals surface area (Å²) < 4.78 is 3.14. The summed E-state index contributed by atoms with van der Waals surface area (Å²) in [6.45, 7) is 3.19. The molecule has 182 valence electrons. The fourth-order valence-electron chi connectivity index (χ4n) is 2.90. The highest BCUT2D eigenvalue weighted by molar-refractivity contribution is 8.16. The van der Waals surface area contributed by atoms with Crippen LogP contribution in [0.2, 0.25) is 0 Å². The monoisotopic (exact) mass is 571 g/mol. The number of nitrogen functional groups attached to an aromatic ring is 1. The highest BCUT2D eigenvalue weighted by atomic mass is 32.2. The minimum atomic E-state index is -1.34. The molecule has 0 unspecified atom stereocenters. The number of carbonyl (C=O) groups is 2. The van der Waals surface area contributed by atoms with E-state index in [4.69, 9.17) is 10.6 Å². The summed E-state index contributed by atoms with van der Waals surface area (Å²) in [5, 5.41) is 5.30. The van der Waals surface area contributed by atoms with Gasteiger partial charge in [0.25, 0.3) is 0 Å². The predicted molar refractivity (Wildman–Crippen MR) is 149 cm³/mol. The van der Waals surface area contributed by atoms with Crippen LogP contribution in [0, 0.1) is 0 Å². The number of fused-ring (bicyclic) bond motifs is 2. The normalized spacial score (nSPS) is 12.3. The number of aromatic nitrogens is 3. The molecule has 8 nitrogen and oxygen atoms in total. The van der Waals surface area contributed by atoms with E-state index in [1.165, 1.54) is 34.0 Å². The lowest BCUT2D eigenvalue weighted by molar-refractivity contribution is -0.130. The van der Waals surface area contributed by atoms with E-state index in [2.05, 4.69) is 20.1 Å². The first-order valence-corrected chi connectivity index (χ1v) is 14.6. The average molecular weight is 572 g/mol. The van der Waals surface area contributed by atoms with Crippen molar-refractivity contribution >= 4 is 99.0 Å². The van der Waals surface area contributed by atoms with Crippen molar-refractivity contribution in [2.45, 2.75) is 28.1 Å². The largest absolute Gasteiger partial charge is 0.380 e. The van der Waals surface area contributed by atoms with Crippen LogP contribution < -0.4 is 5.73 Å². The number of anilines is 1. The van der Waals surface area contributed by atoms with Crippen LogP contribution in [0.4, 0.5) is 5.13 Å². The molecule has 0 aliphatic heterocycles. The highest BCUT2D eigenvalue weighted by Gasteiger charge is 2.33. The first-order chi connectivity index (χ1) is 17.3. The van der Waals surface area contributed by atoms with Crippen molar-refractivity contribution in [2.75, 3.05) is 5.73 Å². The molecule has 5 rings (SSSR count). The van der Waals surface area contributed by atoms with Gasteiger partial charge in [-0.05, 0) is 61.6 Å². The lowest BCUT2D eigenvalue weighted by Crippen LogP contribution is -2.32. The highest BCUT2D eigenvalue weighted by Crippen LogP contribution is 2.34. The molecule has 2 aromatic carbocycles. The number of hydrogen-bond donors (Lipinski definition) is 1. The number of para-hydroxylation sites is 2. The van der Waals surface area contributed by atoms with Gasteiger partial charge in [0.15, 0.2) is 25.1 Å².